The zero-order chi connectivity index (χ0) is 26.4. The summed E-state index contributed by atoms with van der Waals surface area (Å²) < 4.78 is 11.4. The highest BCUT2D eigenvalue weighted by atomic mass is 32.2. The number of thioether (sulfide) groups is 1. The Kier molecular flexibility index (Phi) is 8.30. The second-order valence-corrected chi connectivity index (χ2v) is 9.72. The molecular weight excluding hydrogens is 490 g/mol. The monoisotopic (exact) mass is 521 g/mol. The summed E-state index contributed by atoms with van der Waals surface area (Å²) in [5, 5.41) is 0.633. The fraction of sp³-hybridized carbons (Fsp3) is 0.333. The second kappa shape index (κ2) is 11.6. The maximum Gasteiger partial charge on any atom is 0.404 e. The van der Waals surface area contributed by atoms with Crippen LogP contribution in [0.4, 0.5) is 16.3 Å². The van der Waals surface area contributed by atoms with Crippen molar-refractivity contribution in [2.75, 3.05) is 42.8 Å². The molecular formula is C27H31N5O4S. The van der Waals surface area contributed by atoms with E-state index < -0.39 is 11.7 Å². The van der Waals surface area contributed by atoms with Crippen molar-refractivity contribution in [2.45, 2.75) is 30.7 Å². The smallest absolute Gasteiger partial charge is 0.404 e. The van der Waals surface area contributed by atoms with Crippen molar-refractivity contribution in [1.29, 1.82) is 0 Å². The predicted molar refractivity (Wildman–Crippen MR) is 144 cm³/mol. The van der Waals surface area contributed by atoms with E-state index in [4.69, 9.17) is 15.2 Å². The molecule has 0 aliphatic carbocycles. The van der Waals surface area contributed by atoms with Gasteiger partial charge >= 0.3 is 6.09 Å². The van der Waals surface area contributed by atoms with Gasteiger partial charge in [0.05, 0.1) is 18.8 Å². The van der Waals surface area contributed by atoms with Crippen LogP contribution in [0.1, 0.15) is 34.8 Å². The Morgan fingerprint density at radius 3 is 2.68 bits per heavy atom. The minimum Gasteiger partial charge on any atom is -0.450 e. The lowest BCUT2D eigenvalue weighted by Gasteiger charge is -2.31. The molecule has 1 aromatic heterocycles. The minimum absolute atomic E-state index is 0.135. The largest absolute Gasteiger partial charge is 0.450 e. The molecule has 2 heterocycles. The first kappa shape index (κ1) is 26.4. The number of nitrogens with two attached hydrogens (primary N) is 1. The van der Waals surface area contributed by atoms with Crippen molar-refractivity contribution in [3.8, 4) is 0 Å². The van der Waals surface area contributed by atoms with E-state index in [1.54, 1.807) is 11.1 Å². The molecule has 0 unspecified atom stereocenters. The Hall–Kier alpha value is -3.63. The van der Waals surface area contributed by atoms with Crippen molar-refractivity contribution in [3.63, 3.8) is 0 Å². The molecule has 1 aliphatic heterocycles. The average molecular weight is 522 g/mol. The topological polar surface area (TPSA) is 111 Å². The normalized spacial score (nSPS) is 15.1. The van der Waals surface area contributed by atoms with E-state index in [-0.39, 0.29) is 12.5 Å². The summed E-state index contributed by atoms with van der Waals surface area (Å²) in [6.07, 6.45) is 3.14. The van der Waals surface area contributed by atoms with Gasteiger partial charge in [-0.2, -0.15) is 0 Å². The van der Waals surface area contributed by atoms with E-state index in [2.05, 4.69) is 9.97 Å². The predicted octanol–water partition coefficient (Wildman–Crippen LogP) is 4.21. The summed E-state index contributed by atoms with van der Waals surface area (Å²) in [6, 6.07) is 17.5. The standard InChI is InChI=1S/C27H31N5O4S/c1-27(12-15-35-25(28)34,20-9-5-4-6-10-20)36-18-19-8-7-11-21(16-19)32-14-13-31(2)23-22(24(32)33)17-29-26(30-23)37-3/h4-11,16-17H,12-15,18H2,1-3H3,(H2,28,34)/t27-/m1/s1. The zero-order valence-electron chi connectivity index (χ0n) is 21.2. The number of ether oxygens (including phenoxy) is 2. The van der Waals surface area contributed by atoms with Gasteiger partial charge in [-0.25, -0.2) is 14.8 Å². The van der Waals surface area contributed by atoms with Gasteiger partial charge in [-0.1, -0.05) is 54.2 Å². The number of benzene rings is 2. The highest BCUT2D eigenvalue weighted by Crippen LogP contribution is 2.32. The third kappa shape index (κ3) is 6.20. The lowest BCUT2D eigenvalue weighted by Crippen LogP contribution is -2.33. The number of rotatable bonds is 9. The summed E-state index contributed by atoms with van der Waals surface area (Å²) in [6.45, 7) is 3.54. The van der Waals surface area contributed by atoms with Crippen LogP contribution >= 0.6 is 11.8 Å². The van der Waals surface area contributed by atoms with Gasteiger partial charge in [0.2, 0.25) is 0 Å². The zero-order valence-corrected chi connectivity index (χ0v) is 22.0. The van der Waals surface area contributed by atoms with Crippen molar-refractivity contribution in [1.82, 2.24) is 9.97 Å². The number of amides is 2. The Labute approximate surface area is 221 Å². The van der Waals surface area contributed by atoms with Crippen LogP contribution in [0.15, 0.2) is 66.0 Å². The van der Waals surface area contributed by atoms with Gasteiger partial charge in [0.15, 0.2) is 5.16 Å². The lowest BCUT2D eigenvalue weighted by molar-refractivity contribution is -0.0629. The molecule has 2 N–H and O–H groups in total. The maximum atomic E-state index is 13.5. The number of carbonyl (C=O) groups is 2. The van der Waals surface area contributed by atoms with E-state index in [0.29, 0.717) is 42.7 Å². The number of hydrogen-bond donors (Lipinski definition) is 1. The SMILES string of the molecule is CSc1ncc2c(n1)N(C)CCN(c1cccc(CO[C@](C)(CCOC(N)=O)c3ccccc3)c1)C2=O. The first-order valence-corrected chi connectivity index (χ1v) is 13.2. The van der Waals surface area contributed by atoms with Crippen LogP contribution in [0.2, 0.25) is 0 Å². The number of fused-ring (bicyclic) bond motifs is 1. The van der Waals surface area contributed by atoms with Crippen LogP contribution in [0.5, 0.6) is 0 Å². The summed E-state index contributed by atoms with van der Waals surface area (Å²) in [5.41, 5.74) is 7.56. The first-order valence-electron chi connectivity index (χ1n) is 12.0. The Morgan fingerprint density at radius 1 is 1.16 bits per heavy atom. The van der Waals surface area contributed by atoms with E-state index in [0.717, 1.165) is 16.8 Å². The fourth-order valence-corrected chi connectivity index (χ4v) is 4.58. The fourth-order valence-electron chi connectivity index (χ4n) is 4.24. The Balaban J connectivity index is 1.54. The van der Waals surface area contributed by atoms with Gasteiger partial charge in [-0.05, 0) is 36.4 Å². The van der Waals surface area contributed by atoms with Gasteiger partial charge in [-0.3, -0.25) is 4.79 Å². The molecule has 3 aromatic rings. The molecule has 0 fully saturated rings. The molecule has 37 heavy (non-hydrogen) atoms. The first-order chi connectivity index (χ1) is 17.8. The highest BCUT2D eigenvalue weighted by Gasteiger charge is 2.30. The van der Waals surface area contributed by atoms with Crippen molar-refractivity contribution < 1.29 is 19.1 Å². The van der Waals surface area contributed by atoms with Crippen LogP contribution in [0, 0.1) is 0 Å². The van der Waals surface area contributed by atoms with Crippen LogP contribution in [0.25, 0.3) is 0 Å². The number of aromatic nitrogens is 2. The van der Waals surface area contributed by atoms with E-state index in [1.807, 2.05) is 79.7 Å². The summed E-state index contributed by atoms with van der Waals surface area (Å²) in [5.74, 6) is 0.506. The second-order valence-electron chi connectivity index (χ2n) is 8.95. The highest BCUT2D eigenvalue weighted by molar-refractivity contribution is 7.98. The molecule has 194 valence electrons. The van der Waals surface area contributed by atoms with Gasteiger partial charge in [0, 0.05) is 38.4 Å². The molecule has 0 radical (unpaired) electrons. The third-order valence-electron chi connectivity index (χ3n) is 6.41. The van der Waals surface area contributed by atoms with Gasteiger partial charge < -0.3 is 25.0 Å². The number of nitrogens with zero attached hydrogens (tertiary/aromatic N) is 4. The molecule has 0 saturated heterocycles. The number of carbonyl (C=O) groups excluding carboxylic acids is 2. The van der Waals surface area contributed by atoms with Gasteiger partial charge in [-0.15, -0.1) is 0 Å². The van der Waals surface area contributed by atoms with Gasteiger partial charge in [0.25, 0.3) is 5.91 Å². The molecule has 0 bridgehead atoms. The summed E-state index contributed by atoms with van der Waals surface area (Å²) in [7, 11) is 1.93. The molecule has 2 aromatic carbocycles. The molecule has 1 atom stereocenters. The Morgan fingerprint density at radius 2 is 1.95 bits per heavy atom. The minimum atomic E-state index is -0.812. The number of hydrogen-bond acceptors (Lipinski definition) is 8. The van der Waals surface area contributed by atoms with Crippen LogP contribution in [-0.4, -0.2) is 55.0 Å². The summed E-state index contributed by atoms with van der Waals surface area (Å²) in [4.78, 5) is 37.2. The van der Waals surface area contributed by atoms with Crippen LogP contribution in [-0.2, 0) is 21.7 Å². The maximum absolute atomic E-state index is 13.5. The molecule has 0 saturated carbocycles. The van der Waals surface area contributed by atoms with E-state index >= 15 is 0 Å². The van der Waals surface area contributed by atoms with Gasteiger partial charge in [0.1, 0.15) is 11.4 Å². The number of primary amides is 1. The molecule has 10 heteroatoms. The molecule has 1 aliphatic rings. The van der Waals surface area contributed by atoms with Crippen LogP contribution in [0.3, 0.4) is 0 Å². The summed E-state index contributed by atoms with van der Waals surface area (Å²) >= 11 is 1.44. The number of anilines is 2. The number of likely N-dealkylation sites (N-methyl/N-ethyl adjacent to an activating group) is 1. The molecule has 4 rings (SSSR count). The lowest BCUT2D eigenvalue weighted by atomic mass is 9.92. The van der Waals surface area contributed by atoms with Crippen molar-refractivity contribution >= 4 is 35.3 Å². The molecule has 0 spiro atoms. The van der Waals surface area contributed by atoms with Crippen molar-refractivity contribution in [2.24, 2.45) is 5.73 Å². The molecule has 9 nitrogen and oxygen atoms in total. The average Bonchev–Trinajstić information content (AvgIpc) is 3.03. The van der Waals surface area contributed by atoms with Crippen LogP contribution < -0.4 is 15.5 Å². The quantitative estimate of drug-likeness (QED) is 0.329. The van der Waals surface area contributed by atoms with E-state index in [9.17, 15) is 9.59 Å². The Bertz CT molecular complexity index is 1260. The van der Waals surface area contributed by atoms with E-state index in [1.165, 1.54) is 11.8 Å². The molecule has 2 amide bonds. The third-order valence-corrected chi connectivity index (χ3v) is 6.97. The van der Waals surface area contributed by atoms with Crippen molar-refractivity contribution in [3.05, 3.63) is 77.5 Å².